The first-order chi connectivity index (χ1) is 10.2. The van der Waals surface area contributed by atoms with Crippen molar-refractivity contribution < 1.29 is 27.5 Å². The highest BCUT2D eigenvalue weighted by Crippen LogP contribution is 2.40. The zero-order valence-corrected chi connectivity index (χ0v) is 11.8. The predicted octanol–water partition coefficient (Wildman–Crippen LogP) is 2.23. The maximum Gasteiger partial charge on any atom is 0.435 e. The minimum Gasteiger partial charge on any atom is -0.432 e. The summed E-state index contributed by atoms with van der Waals surface area (Å²) in [5, 5.41) is 3.36. The molecule has 2 amide bonds. The molecule has 1 saturated heterocycles. The van der Waals surface area contributed by atoms with Gasteiger partial charge in [-0.05, 0) is 31.7 Å². The second-order valence-electron chi connectivity index (χ2n) is 5.60. The lowest BCUT2D eigenvalue weighted by molar-refractivity contribution is -0.141. The van der Waals surface area contributed by atoms with E-state index in [2.05, 4.69) is 5.10 Å². The van der Waals surface area contributed by atoms with Crippen LogP contribution in [0.1, 0.15) is 37.1 Å². The molecule has 2 fully saturated rings. The number of carbonyl (C=O) groups is 2. The molecule has 1 aromatic heterocycles. The fraction of sp³-hybridized carbons (Fsp3) is 0.615. The zero-order valence-electron chi connectivity index (χ0n) is 11.8. The standard InChI is InChI=1S/C13H14F3N3O3/c1-18-8(6-9(17-18)13(14,15)16)7-19-10(20)12(22-11(19)21)4-2-3-5-12/h6H,2-5,7H2,1H3. The number of halogens is 3. The Kier molecular flexibility index (Phi) is 3.19. The van der Waals surface area contributed by atoms with E-state index in [1.165, 1.54) is 7.05 Å². The Morgan fingerprint density at radius 3 is 2.50 bits per heavy atom. The van der Waals surface area contributed by atoms with Crippen molar-refractivity contribution in [3.63, 3.8) is 0 Å². The van der Waals surface area contributed by atoms with Crippen molar-refractivity contribution in [3.05, 3.63) is 17.5 Å². The van der Waals surface area contributed by atoms with Crippen LogP contribution in [0, 0.1) is 0 Å². The summed E-state index contributed by atoms with van der Waals surface area (Å²) < 4.78 is 44.1. The number of aromatic nitrogens is 2. The highest BCUT2D eigenvalue weighted by atomic mass is 19.4. The Morgan fingerprint density at radius 1 is 1.32 bits per heavy atom. The van der Waals surface area contributed by atoms with Crippen LogP contribution in [0.15, 0.2) is 6.07 Å². The van der Waals surface area contributed by atoms with Gasteiger partial charge in [0.1, 0.15) is 0 Å². The number of hydrogen-bond acceptors (Lipinski definition) is 4. The molecule has 6 nitrogen and oxygen atoms in total. The molecule has 9 heteroatoms. The van der Waals surface area contributed by atoms with Gasteiger partial charge in [-0.1, -0.05) is 0 Å². The lowest BCUT2D eigenvalue weighted by atomic mass is 10.0. The number of imide groups is 1. The summed E-state index contributed by atoms with van der Waals surface area (Å²) in [5.74, 6) is -0.468. The van der Waals surface area contributed by atoms with Crippen molar-refractivity contribution in [2.75, 3.05) is 0 Å². The van der Waals surface area contributed by atoms with Gasteiger partial charge >= 0.3 is 12.3 Å². The van der Waals surface area contributed by atoms with Crippen molar-refractivity contribution in [2.45, 2.75) is 44.0 Å². The number of aryl methyl sites for hydroxylation is 1. The smallest absolute Gasteiger partial charge is 0.432 e. The van der Waals surface area contributed by atoms with Gasteiger partial charge in [0.15, 0.2) is 11.3 Å². The molecule has 2 heterocycles. The van der Waals surface area contributed by atoms with Crippen molar-refractivity contribution in [3.8, 4) is 0 Å². The Morgan fingerprint density at radius 2 is 1.95 bits per heavy atom. The highest BCUT2D eigenvalue weighted by molar-refractivity contribution is 6.03. The average molecular weight is 317 g/mol. The Bertz CT molecular complexity index is 632. The number of nitrogens with zero attached hydrogens (tertiary/aromatic N) is 3. The molecule has 1 aliphatic heterocycles. The van der Waals surface area contributed by atoms with E-state index < -0.39 is 29.5 Å². The molecule has 2 aliphatic rings. The average Bonchev–Trinajstić information content (AvgIpc) is 3.07. The Labute approximate surface area is 123 Å². The second-order valence-corrected chi connectivity index (χ2v) is 5.60. The van der Waals surface area contributed by atoms with Gasteiger partial charge in [0.05, 0.1) is 12.2 Å². The van der Waals surface area contributed by atoms with Gasteiger partial charge in [0, 0.05) is 7.05 Å². The minimum atomic E-state index is -4.57. The lowest BCUT2D eigenvalue weighted by Gasteiger charge is -2.17. The summed E-state index contributed by atoms with van der Waals surface area (Å²) in [6, 6.07) is 0.834. The summed E-state index contributed by atoms with van der Waals surface area (Å²) in [6.07, 6.45) is -2.87. The van der Waals surface area contributed by atoms with Gasteiger partial charge in [0.25, 0.3) is 5.91 Å². The third-order valence-corrected chi connectivity index (χ3v) is 4.14. The van der Waals surface area contributed by atoms with E-state index in [0.717, 1.165) is 28.5 Å². The first-order valence-corrected chi connectivity index (χ1v) is 6.88. The zero-order chi connectivity index (χ0) is 16.1. The second kappa shape index (κ2) is 4.72. The van der Waals surface area contributed by atoms with Crippen LogP contribution < -0.4 is 0 Å². The molecule has 0 N–H and O–H groups in total. The summed E-state index contributed by atoms with van der Waals surface area (Å²) in [6.45, 7) is -0.279. The van der Waals surface area contributed by atoms with Crippen LogP contribution in [0.2, 0.25) is 0 Å². The monoisotopic (exact) mass is 317 g/mol. The van der Waals surface area contributed by atoms with Crippen LogP contribution in [0.4, 0.5) is 18.0 Å². The van der Waals surface area contributed by atoms with Crippen LogP contribution in [0.25, 0.3) is 0 Å². The fourth-order valence-electron chi connectivity index (χ4n) is 2.95. The van der Waals surface area contributed by atoms with Crippen LogP contribution >= 0.6 is 0 Å². The quantitative estimate of drug-likeness (QED) is 0.839. The van der Waals surface area contributed by atoms with E-state index in [1.807, 2.05) is 0 Å². The summed E-state index contributed by atoms with van der Waals surface area (Å²) in [7, 11) is 1.34. The van der Waals surface area contributed by atoms with E-state index in [1.54, 1.807) is 0 Å². The molecule has 0 bridgehead atoms. The number of carbonyl (C=O) groups excluding carboxylic acids is 2. The van der Waals surface area contributed by atoms with Crippen LogP contribution in [0.5, 0.6) is 0 Å². The molecule has 1 spiro atoms. The molecule has 0 radical (unpaired) electrons. The topological polar surface area (TPSA) is 64.4 Å². The first-order valence-electron chi connectivity index (χ1n) is 6.88. The molecule has 22 heavy (non-hydrogen) atoms. The number of hydrogen-bond donors (Lipinski definition) is 0. The van der Waals surface area contributed by atoms with E-state index in [9.17, 15) is 22.8 Å². The highest BCUT2D eigenvalue weighted by Gasteiger charge is 2.55. The summed E-state index contributed by atoms with van der Waals surface area (Å²) in [4.78, 5) is 25.1. The van der Waals surface area contributed by atoms with Crippen molar-refractivity contribution in [1.29, 1.82) is 0 Å². The maximum atomic E-state index is 12.6. The third-order valence-electron chi connectivity index (χ3n) is 4.14. The largest absolute Gasteiger partial charge is 0.435 e. The maximum absolute atomic E-state index is 12.6. The molecule has 3 rings (SSSR count). The van der Waals surface area contributed by atoms with Gasteiger partial charge in [-0.15, -0.1) is 0 Å². The third kappa shape index (κ3) is 2.24. The van der Waals surface area contributed by atoms with Gasteiger partial charge < -0.3 is 4.74 Å². The molecule has 0 atom stereocenters. The molecule has 1 saturated carbocycles. The molecule has 0 unspecified atom stereocenters. The SMILES string of the molecule is Cn1nc(C(F)(F)F)cc1CN1C(=O)OC2(CCCC2)C1=O. The lowest BCUT2D eigenvalue weighted by Crippen LogP contribution is -2.38. The number of alkyl halides is 3. The molecular formula is C13H14F3N3O3. The number of rotatable bonds is 2. The number of ether oxygens (including phenoxy) is 1. The Hall–Kier alpha value is -2.06. The van der Waals surface area contributed by atoms with Crippen LogP contribution in [-0.4, -0.2) is 32.3 Å². The fourth-order valence-corrected chi connectivity index (χ4v) is 2.95. The van der Waals surface area contributed by atoms with Crippen molar-refractivity contribution >= 4 is 12.0 Å². The molecule has 1 aliphatic carbocycles. The van der Waals surface area contributed by atoms with Gasteiger partial charge in [-0.2, -0.15) is 18.3 Å². The van der Waals surface area contributed by atoms with E-state index in [0.29, 0.717) is 12.8 Å². The predicted molar refractivity (Wildman–Crippen MR) is 66.4 cm³/mol. The number of amides is 2. The minimum absolute atomic E-state index is 0.118. The molecule has 1 aromatic rings. The summed E-state index contributed by atoms with van der Waals surface area (Å²) in [5.41, 5.74) is -2.05. The molecule has 120 valence electrons. The molecular weight excluding hydrogens is 303 g/mol. The van der Waals surface area contributed by atoms with E-state index in [-0.39, 0.29) is 12.2 Å². The van der Waals surface area contributed by atoms with Gasteiger partial charge in [-0.3, -0.25) is 9.48 Å². The normalized spacial score (nSPS) is 21.0. The van der Waals surface area contributed by atoms with Crippen LogP contribution in [0.3, 0.4) is 0 Å². The van der Waals surface area contributed by atoms with Gasteiger partial charge in [-0.25, -0.2) is 9.69 Å². The van der Waals surface area contributed by atoms with Crippen molar-refractivity contribution in [1.82, 2.24) is 14.7 Å². The van der Waals surface area contributed by atoms with E-state index in [4.69, 9.17) is 4.74 Å². The summed E-state index contributed by atoms with van der Waals surface area (Å²) >= 11 is 0. The molecule has 0 aromatic carbocycles. The van der Waals surface area contributed by atoms with Crippen LogP contribution in [-0.2, 0) is 29.3 Å². The van der Waals surface area contributed by atoms with Crippen molar-refractivity contribution in [2.24, 2.45) is 7.05 Å². The Balaban J connectivity index is 1.83. The van der Waals surface area contributed by atoms with E-state index >= 15 is 0 Å². The first kappa shape index (κ1) is 14.9. The van der Waals surface area contributed by atoms with Gasteiger partial charge in [0.2, 0.25) is 0 Å².